The highest BCUT2D eigenvalue weighted by Crippen LogP contribution is 2.27. The van der Waals surface area contributed by atoms with Crippen molar-refractivity contribution in [3.05, 3.63) is 64.8 Å². The van der Waals surface area contributed by atoms with E-state index in [-0.39, 0.29) is 10.9 Å². The second-order valence-corrected chi connectivity index (χ2v) is 11.4. The fourth-order valence-electron chi connectivity index (χ4n) is 2.58. The van der Waals surface area contributed by atoms with Crippen molar-refractivity contribution in [1.29, 1.82) is 0 Å². The summed E-state index contributed by atoms with van der Waals surface area (Å²) in [6, 6.07) is 14.3. The van der Waals surface area contributed by atoms with Gasteiger partial charge in [-0.25, -0.2) is 13.4 Å². The van der Waals surface area contributed by atoms with Gasteiger partial charge in [0, 0.05) is 22.8 Å². The third-order valence-corrected chi connectivity index (χ3v) is 8.10. The second kappa shape index (κ2) is 9.90. The topological polar surface area (TPSA) is 96.0 Å². The van der Waals surface area contributed by atoms with Gasteiger partial charge < -0.3 is 10.6 Å². The molecule has 0 aliphatic heterocycles. The molecule has 1 atom stereocenters. The molecule has 10 heteroatoms. The number of nitrogens with zero attached hydrogens (tertiary/aromatic N) is 2. The maximum Gasteiger partial charge on any atom is 0.249 e. The molecule has 0 spiro atoms. The molecule has 0 aliphatic rings. The van der Waals surface area contributed by atoms with E-state index in [4.69, 9.17) is 0 Å². The average Bonchev–Trinajstić information content (AvgIpc) is 2.70. The Morgan fingerprint density at radius 1 is 1.06 bits per heavy atom. The number of hydrogen-bond acceptors (Lipinski definition) is 6. The van der Waals surface area contributed by atoms with Gasteiger partial charge in [-0.1, -0.05) is 34.2 Å². The first-order chi connectivity index (χ1) is 14.6. The molecule has 0 aliphatic carbocycles. The van der Waals surface area contributed by atoms with Crippen LogP contribution < -0.4 is 14.8 Å². The fraction of sp³-hybridized carbons (Fsp3) is 0.190. The number of benzene rings is 2. The summed E-state index contributed by atoms with van der Waals surface area (Å²) < 4.78 is 28.6. The van der Waals surface area contributed by atoms with Crippen LogP contribution in [0, 0.1) is 6.92 Å². The molecule has 1 unspecified atom stereocenters. The van der Waals surface area contributed by atoms with Crippen molar-refractivity contribution in [3.8, 4) is 0 Å². The number of nitrogens with one attached hydrogen (secondary N) is 3. The summed E-state index contributed by atoms with van der Waals surface area (Å²) in [5, 5.41) is 6.40. The third kappa shape index (κ3) is 6.36. The maximum atomic E-state index is 12.6. The van der Waals surface area contributed by atoms with E-state index in [2.05, 4.69) is 46.5 Å². The largest absolute Gasteiger partial charge is 0.367 e. The predicted molar refractivity (Wildman–Crippen MR) is 133 cm³/mol. The van der Waals surface area contributed by atoms with Gasteiger partial charge in [0.05, 0.1) is 9.37 Å². The Kier molecular flexibility index (Phi) is 7.47. The van der Waals surface area contributed by atoms with Crippen molar-refractivity contribution in [2.75, 3.05) is 10.6 Å². The van der Waals surface area contributed by atoms with Crippen LogP contribution in [0.2, 0.25) is 0 Å². The summed E-state index contributed by atoms with van der Waals surface area (Å²) in [6.45, 7) is 5.97. The minimum atomic E-state index is -3.65. The molecular weight excluding hydrogens is 498 g/mol. The Hall–Kier alpha value is -2.27. The lowest BCUT2D eigenvalue weighted by atomic mass is 10.2. The van der Waals surface area contributed by atoms with E-state index in [1.165, 1.54) is 0 Å². The molecule has 31 heavy (non-hydrogen) atoms. The van der Waals surface area contributed by atoms with Crippen molar-refractivity contribution >= 4 is 59.9 Å². The van der Waals surface area contributed by atoms with E-state index < -0.39 is 20.7 Å². The number of rotatable bonds is 8. The molecule has 0 radical (unpaired) electrons. The predicted octanol–water partition coefficient (Wildman–Crippen LogP) is 5.06. The molecule has 0 saturated heterocycles. The summed E-state index contributed by atoms with van der Waals surface area (Å²) in [5.74, 6) is 5.13. The van der Waals surface area contributed by atoms with Crippen LogP contribution in [0.1, 0.15) is 19.4 Å². The van der Waals surface area contributed by atoms with E-state index in [1.807, 2.05) is 45.0 Å². The van der Waals surface area contributed by atoms with Gasteiger partial charge in [0.2, 0.25) is 16.0 Å². The van der Waals surface area contributed by atoms with Gasteiger partial charge >= 0.3 is 0 Å². The van der Waals surface area contributed by atoms with E-state index >= 15 is 0 Å². The standard InChI is InChI=1S/C21H24BrN5O2S2/c1-14(2)24-20-19(22)13-23-21(26-20)25-16-7-9-17(10-8-16)30(4)27-31(28,29)18-11-5-15(3)6-12-18/h5-14,27H,4H2,1-3H3,(H2,23,24,25,26). The highest BCUT2D eigenvalue weighted by Gasteiger charge is 2.15. The highest BCUT2D eigenvalue weighted by molar-refractivity contribution is 9.10. The van der Waals surface area contributed by atoms with E-state index in [0.29, 0.717) is 11.8 Å². The normalized spacial score (nSPS) is 12.5. The molecule has 2 aromatic carbocycles. The number of aromatic nitrogens is 2. The molecule has 7 nitrogen and oxygen atoms in total. The second-order valence-electron chi connectivity index (χ2n) is 7.13. The summed E-state index contributed by atoms with van der Waals surface area (Å²) in [7, 11) is -4.59. The lowest BCUT2D eigenvalue weighted by molar-refractivity contribution is 0.594. The van der Waals surface area contributed by atoms with Crippen LogP contribution in [-0.2, 0) is 10.0 Å². The molecule has 1 heterocycles. The Morgan fingerprint density at radius 2 is 1.71 bits per heavy atom. The summed E-state index contributed by atoms with van der Waals surface area (Å²) in [6.07, 6.45) is 1.68. The fourth-order valence-corrected chi connectivity index (χ4v) is 5.67. The van der Waals surface area contributed by atoms with Gasteiger partial charge in [-0.3, -0.25) is 0 Å². The summed E-state index contributed by atoms with van der Waals surface area (Å²) in [5.41, 5.74) is 1.78. The van der Waals surface area contributed by atoms with Crippen molar-refractivity contribution in [1.82, 2.24) is 14.1 Å². The van der Waals surface area contributed by atoms with E-state index in [1.54, 1.807) is 30.5 Å². The average molecular weight is 522 g/mol. The third-order valence-electron chi connectivity index (χ3n) is 4.11. The minimum absolute atomic E-state index is 0.218. The molecule has 3 N–H and O–H groups in total. The molecule has 0 bridgehead atoms. The molecule has 0 fully saturated rings. The smallest absolute Gasteiger partial charge is 0.249 e. The first kappa shape index (κ1) is 23.4. The maximum absolute atomic E-state index is 12.6. The highest BCUT2D eigenvalue weighted by atomic mass is 79.9. The van der Waals surface area contributed by atoms with Gasteiger partial charge in [-0.2, -0.15) is 9.11 Å². The van der Waals surface area contributed by atoms with Gasteiger partial charge in [0.25, 0.3) is 0 Å². The molecule has 0 saturated carbocycles. The molecule has 0 amide bonds. The summed E-state index contributed by atoms with van der Waals surface area (Å²) in [4.78, 5) is 9.73. The Bertz CT molecular complexity index is 1180. The quantitative estimate of drug-likeness (QED) is 0.358. The van der Waals surface area contributed by atoms with Crippen LogP contribution in [0.3, 0.4) is 0 Å². The number of hydrogen-bond donors (Lipinski definition) is 3. The van der Waals surface area contributed by atoms with Gasteiger partial charge in [-0.15, -0.1) is 0 Å². The zero-order chi connectivity index (χ0) is 22.6. The van der Waals surface area contributed by atoms with Crippen molar-refractivity contribution < 1.29 is 8.42 Å². The van der Waals surface area contributed by atoms with E-state index in [0.717, 1.165) is 20.6 Å². The van der Waals surface area contributed by atoms with Gasteiger partial charge in [0.15, 0.2) is 0 Å². The van der Waals surface area contributed by atoms with Crippen LogP contribution in [0.5, 0.6) is 0 Å². The van der Waals surface area contributed by atoms with Crippen LogP contribution in [-0.4, -0.2) is 30.3 Å². The first-order valence-electron chi connectivity index (χ1n) is 9.43. The van der Waals surface area contributed by atoms with E-state index in [9.17, 15) is 8.42 Å². The molecule has 164 valence electrons. The first-order valence-corrected chi connectivity index (χ1v) is 13.1. The Labute approximate surface area is 194 Å². The monoisotopic (exact) mass is 521 g/mol. The molecular formula is C21H24BrN5O2S2. The lowest BCUT2D eigenvalue weighted by Gasteiger charge is -2.13. The molecule has 3 aromatic rings. The molecule has 3 rings (SSSR count). The van der Waals surface area contributed by atoms with Crippen LogP contribution >= 0.6 is 26.6 Å². The van der Waals surface area contributed by atoms with Crippen LogP contribution in [0.25, 0.3) is 0 Å². The zero-order valence-corrected chi connectivity index (χ0v) is 20.6. The van der Waals surface area contributed by atoms with Crippen molar-refractivity contribution in [2.45, 2.75) is 36.6 Å². The number of halogens is 1. The Morgan fingerprint density at radius 3 is 2.32 bits per heavy atom. The number of sulfonamides is 1. The minimum Gasteiger partial charge on any atom is -0.367 e. The SMILES string of the molecule is C=S(NS(=O)(=O)c1ccc(C)cc1)c1ccc(Nc2ncc(Br)c(NC(C)C)n2)cc1. The number of anilines is 3. The zero-order valence-electron chi connectivity index (χ0n) is 17.4. The van der Waals surface area contributed by atoms with Crippen LogP contribution in [0.15, 0.2) is 69.0 Å². The summed E-state index contributed by atoms with van der Waals surface area (Å²) >= 11 is 3.44. The van der Waals surface area contributed by atoms with Gasteiger partial charge in [0.1, 0.15) is 5.82 Å². The Balaban J connectivity index is 1.70. The molecule has 1 aromatic heterocycles. The van der Waals surface area contributed by atoms with Crippen molar-refractivity contribution in [2.24, 2.45) is 0 Å². The van der Waals surface area contributed by atoms with Crippen molar-refractivity contribution in [3.63, 3.8) is 0 Å². The number of aryl methyl sites for hydroxylation is 1. The lowest BCUT2D eigenvalue weighted by Crippen LogP contribution is -2.18. The van der Waals surface area contributed by atoms with Crippen LogP contribution in [0.4, 0.5) is 17.5 Å². The van der Waals surface area contributed by atoms with Gasteiger partial charge in [-0.05, 0) is 73.1 Å².